The van der Waals surface area contributed by atoms with E-state index in [1.54, 1.807) is 0 Å². The number of ketones is 2. The molecule has 39 heavy (non-hydrogen) atoms. The lowest BCUT2D eigenvalue weighted by atomic mass is 9.59. The number of aromatic hydroxyl groups is 1. The molecule has 5 rings (SSSR count). The van der Waals surface area contributed by atoms with Crippen LogP contribution in [0.1, 0.15) is 53.1 Å². The molecule has 0 saturated heterocycles. The van der Waals surface area contributed by atoms with Gasteiger partial charge in [-0.3, -0.25) is 14.4 Å². The van der Waals surface area contributed by atoms with Crippen molar-refractivity contribution in [2.45, 2.75) is 58.2 Å². The Morgan fingerprint density at radius 1 is 1.10 bits per heavy atom. The van der Waals surface area contributed by atoms with Gasteiger partial charge in [-0.25, -0.2) is 0 Å². The van der Waals surface area contributed by atoms with E-state index in [-0.39, 0.29) is 29.7 Å². The molecule has 0 unspecified atom stereocenters. The third-order valence-corrected chi connectivity index (χ3v) is 8.34. The predicted octanol–water partition coefficient (Wildman–Crippen LogP) is 2.58. The van der Waals surface area contributed by atoms with Gasteiger partial charge in [0.15, 0.2) is 11.4 Å². The number of rotatable bonds is 6. The zero-order chi connectivity index (χ0) is 28.2. The minimum absolute atomic E-state index is 0.118. The fourth-order valence-electron chi connectivity index (χ4n) is 6.44. The molecule has 0 aromatic heterocycles. The summed E-state index contributed by atoms with van der Waals surface area (Å²) in [4.78, 5) is 38.0. The lowest BCUT2D eigenvalue weighted by Crippen LogP contribution is -2.58. The molecule has 3 aliphatic rings. The van der Waals surface area contributed by atoms with Crippen molar-refractivity contribution in [2.75, 3.05) is 0 Å². The standard InChI is InChI=1S/C30H32N2O7/c1-3-16-8-18(13-32-12-15-6-4-5-14(2)7-15)25(34)23-20(16)10-17-9-19-11-21(33)24(29(31)38)28(37)30(19,39)27(36)22(17)26(23)35/h4-8,17,19,32,34-35,37,39H,3,9-13H2,1-2H3,(H2,31,38)/t17-,19+,30+/m1/s1. The van der Waals surface area contributed by atoms with Crippen molar-refractivity contribution in [3.05, 3.63) is 80.6 Å². The lowest BCUT2D eigenvalue weighted by molar-refractivity contribution is -0.147. The van der Waals surface area contributed by atoms with Crippen LogP contribution in [0.2, 0.25) is 0 Å². The van der Waals surface area contributed by atoms with E-state index in [0.717, 1.165) is 16.7 Å². The number of Topliss-reactive ketones (excluding diaryl/α,β-unsaturated/α-hetero) is 2. The number of hydrogen-bond donors (Lipinski definition) is 6. The molecule has 204 valence electrons. The summed E-state index contributed by atoms with van der Waals surface area (Å²) < 4.78 is 0. The number of nitrogens with two attached hydrogens (primary N) is 1. The first kappa shape index (κ1) is 26.6. The summed E-state index contributed by atoms with van der Waals surface area (Å²) in [7, 11) is 0. The molecule has 0 spiro atoms. The van der Waals surface area contributed by atoms with Crippen molar-refractivity contribution in [3.8, 4) is 5.75 Å². The average molecular weight is 533 g/mol. The van der Waals surface area contributed by atoms with Crippen LogP contribution in [0.15, 0.2) is 47.2 Å². The van der Waals surface area contributed by atoms with Gasteiger partial charge >= 0.3 is 0 Å². The van der Waals surface area contributed by atoms with Crippen molar-refractivity contribution in [1.82, 2.24) is 5.32 Å². The van der Waals surface area contributed by atoms with Gasteiger partial charge in [-0.15, -0.1) is 0 Å². The second-order valence-corrected chi connectivity index (χ2v) is 10.7. The molecule has 9 nitrogen and oxygen atoms in total. The highest BCUT2D eigenvalue weighted by molar-refractivity contribution is 6.22. The number of hydrogen-bond acceptors (Lipinski definition) is 8. The van der Waals surface area contributed by atoms with E-state index in [2.05, 4.69) is 11.4 Å². The minimum atomic E-state index is -2.56. The van der Waals surface area contributed by atoms with E-state index in [4.69, 9.17) is 5.73 Å². The quantitative estimate of drug-likeness (QED) is 0.308. The molecule has 0 aliphatic heterocycles. The van der Waals surface area contributed by atoms with Crippen LogP contribution in [-0.4, -0.2) is 43.5 Å². The number of nitrogens with one attached hydrogen (secondary N) is 1. The van der Waals surface area contributed by atoms with Crippen molar-refractivity contribution in [1.29, 1.82) is 0 Å². The lowest BCUT2D eigenvalue weighted by Gasteiger charge is -2.46. The van der Waals surface area contributed by atoms with E-state index in [1.165, 1.54) is 0 Å². The topological polar surface area (TPSA) is 170 Å². The molecule has 0 radical (unpaired) electrons. The maximum absolute atomic E-state index is 13.7. The van der Waals surface area contributed by atoms with Crippen LogP contribution >= 0.6 is 0 Å². The summed E-state index contributed by atoms with van der Waals surface area (Å²) in [5.41, 5.74) is 6.28. The van der Waals surface area contributed by atoms with Gasteiger partial charge in [-0.05, 0) is 48.8 Å². The summed E-state index contributed by atoms with van der Waals surface area (Å²) in [5.74, 6) is -6.18. The maximum Gasteiger partial charge on any atom is 0.255 e. The molecule has 3 aliphatic carbocycles. The zero-order valence-corrected chi connectivity index (χ0v) is 21.9. The van der Waals surface area contributed by atoms with E-state index in [0.29, 0.717) is 37.1 Å². The number of primary amides is 1. The first-order valence-electron chi connectivity index (χ1n) is 13.1. The monoisotopic (exact) mass is 532 g/mol. The van der Waals surface area contributed by atoms with Gasteiger partial charge < -0.3 is 31.5 Å². The van der Waals surface area contributed by atoms with Gasteiger partial charge in [-0.2, -0.15) is 0 Å². The van der Waals surface area contributed by atoms with Gasteiger partial charge in [0, 0.05) is 36.6 Å². The molecule has 3 atom stereocenters. The molecule has 1 fully saturated rings. The van der Waals surface area contributed by atoms with Gasteiger partial charge in [-0.1, -0.05) is 42.8 Å². The molecule has 0 bridgehead atoms. The highest BCUT2D eigenvalue weighted by Gasteiger charge is 2.60. The van der Waals surface area contributed by atoms with E-state index in [9.17, 15) is 34.8 Å². The summed E-state index contributed by atoms with van der Waals surface area (Å²) in [6.45, 7) is 4.84. The average Bonchev–Trinajstić information content (AvgIpc) is 2.87. The molecular formula is C30H32N2O7. The molecule has 0 heterocycles. The Labute approximate surface area is 225 Å². The summed E-state index contributed by atoms with van der Waals surface area (Å²) in [6, 6.07) is 9.94. The summed E-state index contributed by atoms with van der Waals surface area (Å²) in [5, 5.41) is 48.1. The number of carbonyl (C=O) groups excluding carboxylic acids is 3. The Balaban J connectivity index is 1.55. The SMILES string of the molecule is CCc1cc(CNCc2cccc(C)c2)c(O)c2c1C[C@H]1C[C@H]3CC(=O)C(C(N)=O)=C(O)[C@@]3(O)C(=O)C1=C2O. The normalized spacial score (nSPS) is 24.4. The van der Waals surface area contributed by atoms with E-state index in [1.807, 2.05) is 38.1 Å². The van der Waals surface area contributed by atoms with Crippen LogP contribution < -0.4 is 11.1 Å². The van der Waals surface area contributed by atoms with Crippen molar-refractivity contribution in [3.63, 3.8) is 0 Å². The zero-order valence-electron chi connectivity index (χ0n) is 21.9. The van der Waals surface area contributed by atoms with Crippen LogP contribution in [0.3, 0.4) is 0 Å². The van der Waals surface area contributed by atoms with Crippen LogP contribution in [0.5, 0.6) is 5.75 Å². The fraction of sp³-hybridized carbons (Fsp3) is 0.367. The van der Waals surface area contributed by atoms with Gasteiger partial charge in [0.1, 0.15) is 22.8 Å². The first-order chi connectivity index (χ1) is 18.5. The molecule has 1 saturated carbocycles. The summed E-state index contributed by atoms with van der Waals surface area (Å²) in [6.07, 6.45) is 0.711. The largest absolute Gasteiger partial charge is 0.508 e. The third-order valence-electron chi connectivity index (χ3n) is 8.34. The predicted molar refractivity (Wildman–Crippen MR) is 142 cm³/mol. The number of amides is 1. The van der Waals surface area contributed by atoms with Crippen LogP contribution in [0.25, 0.3) is 5.76 Å². The second-order valence-electron chi connectivity index (χ2n) is 10.7. The van der Waals surface area contributed by atoms with Gasteiger partial charge in [0.25, 0.3) is 5.91 Å². The summed E-state index contributed by atoms with van der Waals surface area (Å²) >= 11 is 0. The smallest absolute Gasteiger partial charge is 0.255 e. The van der Waals surface area contributed by atoms with Crippen molar-refractivity contribution < 1.29 is 34.8 Å². The highest BCUT2D eigenvalue weighted by atomic mass is 16.3. The number of aliphatic hydroxyl groups is 3. The van der Waals surface area contributed by atoms with Crippen LogP contribution in [-0.2, 0) is 40.3 Å². The Bertz CT molecular complexity index is 1490. The van der Waals surface area contributed by atoms with Crippen LogP contribution in [0, 0.1) is 18.8 Å². The van der Waals surface area contributed by atoms with Gasteiger partial charge in [0.05, 0.1) is 5.56 Å². The third kappa shape index (κ3) is 4.13. The molecule has 2 aromatic rings. The molecule has 9 heteroatoms. The maximum atomic E-state index is 13.7. The fourth-order valence-corrected chi connectivity index (χ4v) is 6.44. The number of carbonyl (C=O) groups is 3. The Morgan fingerprint density at radius 3 is 2.51 bits per heavy atom. The number of benzene rings is 2. The molecular weight excluding hydrogens is 500 g/mol. The number of phenols is 1. The number of phenolic OH excluding ortho intramolecular Hbond substituents is 1. The highest BCUT2D eigenvalue weighted by Crippen LogP contribution is 2.52. The van der Waals surface area contributed by atoms with E-state index >= 15 is 0 Å². The molecule has 7 N–H and O–H groups in total. The number of fused-ring (bicyclic) bond motifs is 3. The Kier molecular flexibility index (Phi) is 6.60. The van der Waals surface area contributed by atoms with Crippen LogP contribution in [0.4, 0.5) is 0 Å². The molecule has 1 amide bonds. The Morgan fingerprint density at radius 2 is 1.85 bits per heavy atom. The number of aryl methyl sites for hydroxylation is 2. The van der Waals surface area contributed by atoms with Crippen molar-refractivity contribution >= 4 is 23.2 Å². The first-order valence-corrected chi connectivity index (χ1v) is 13.1. The molecule has 2 aromatic carbocycles. The minimum Gasteiger partial charge on any atom is -0.508 e. The number of aliphatic hydroxyl groups excluding tert-OH is 2. The Hall–Kier alpha value is -3.95. The van der Waals surface area contributed by atoms with Crippen molar-refractivity contribution in [2.24, 2.45) is 17.6 Å². The van der Waals surface area contributed by atoms with E-state index < -0.39 is 52.0 Å². The second kappa shape index (κ2) is 9.66. The van der Waals surface area contributed by atoms with Gasteiger partial charge in [0.2, 0.25) is 5.78 Å².